The predicted molar refractivity (Wildman–Crippen MR) is 177 cm³/mol. The van der Waals surface area contributed by atoms with Gasteiger partial charge in [-0.15, -0.1) is 0 Å². The lowest BCUT2D eigenvalue weighted by molar-refractivity contribution is -0.218. The minimum absolute atomic E-state index is 0.176. The summed E-state index contributed by atoms with van der Waals surface area (Å²) in [6.07, 6.45) is 5.09. The molecule has 2 unspecified atom stereocenters. The van der Waals surface area contributed by atoms with Crippen molar-refractivity contribution in [1.29, 1.82) is 0 Å². The molecule has 0 aromatic carbocycles. The van der Waals surface area contributed by atoms with Gasteiger partial charge in [-0.1, -0.05) is 68.4 Å². The van der Waals surface area contributed by atoms with Crippen molar-refractivity contribution in [3.8, 4) is 0 Å². The first kappa shape index (κ1) is 39.4. The maximum Gasteiger partial charge on any atom is 0.330 e. The minimum atomic E-state index is -2.00. The summed E-state index contributed by atoms with van der Waals surface area (Å²) in [7, 11) is -2.55. The highest BCUT2D eigenvalue weighted by atomic mass is 28.4. The minimum Gasteiger partial charge on any atom is -0.466 e. The van der Waals surface area contributed by atoms with Crippen molar-refractivity contribution < 1.29 is 37.4 Å². The van der Waals surface area contributed by atoms with Crippen molar-refractivity contribution in [2.75, 3.05) is 13.7 Å². The molecular weight excluding hydrogens is 581 g/mol. The fourth-order valence-corrected chi connectivity index (χ4v) is 11.6. The Morgan fingerprint density at radius 2 is 1.56 bits per heavy atom. The highest BCUT2D eigenvalue weighted by molar-refractivity contribution is 6.74. The molecule has 0 aliphatic carbocycles. The van der Waals surface area contributed by atoms with E-state index in [2.05, 4.69) is 41.5 Å². The molecule has 248 valence electrons. The topological polar surface area (TPSA) is 97.4 Å². The molecule has 8 nitrogen and oxygen atoms in total. The van der Waals surface area contributed by atoms with Gasteiger partial charge in [0.05, 0.1) is 25.9 Å². The van der Waals surface area contributed by atoms with Gasteiger partial charge in [0, 0.05) is 24.3 Å². The van der Waals surface area contributed by atoms with E-state index in [1.54, 1.807) is 13.0 Å². The second kappa shape index (κ2) is 17.8. The molecule has 0 aromatic rings. The number of hydrogen-bond acceptors (Lipinski definition) is 8. The molecule has 1 heterocycles. The van der Waals surface area contributed by atoms with Crippen molar-refractivity contribution in [3.63, 3.8) is 0 Å². The summed E-state index contributed by atoms with van der Waals surface area (Å²) in [6.45, 7) is 21.4. The number of rotatable bonds is 19. The van der Waals surface area contributed by atoms with E-state index in [4.69, 9.17) is 23.1 Å². The van der Waals surface area contributed by atoms with Crippen LogP contribution in [0.15, 0.2) is 23.8 Å². The SMILES string of the molecule is CCC(=O)O[C@H]1/C(=C/C(=O)OC)CC(CC(CO[Si](CC)(CC)CC)O[Si](CC)(CC)CC)O[C@@]1(C)C(C)(C)/C=C/C=O. The highest BCUT2D eigenvalue weighted by Gasteiger charge is 2.55. The summed E-state index contributed by atoms with van der Waals surface area (Å²) in [5.41, 5.74) is -1.23. The third-order valence-corrected chi connectivity index (χ3v) is 19.4. The Kier molecular flexibility index (Phi) is 16.3. The van der Waals surface area contributed by atoms with E-state index in [1.165, 1.54) is 19.3 Å². The van der Waals surface area contributed by atoms with Crippen LogP contribution >= 0.6 is 0 Å². The van der Waals surface area contributed by atoms with Crippen molar-refractivity contribution in [2.45, 2.75) is 149 Å². The van der Waals surface area contributed by atoms with Gasteiger partial charge < -0.3 is 23.1 Å². The molecule has 1 aliphatic rings. The Hall–Kier alpha value is -1.60. The number of ether oxygens (including phenoxy) is 3. The average molecular weight is 641 g/mol. The molecule has 0 spiro atoms. The number of esters is 2. The third kappa shape index (κ3) is 10.2. The highest BCUT2D eigenvalue weighted by Crippen LogP contribution is 2.48. The van der Waals surface area contributed by atoms with Crippen molar-refractivity contribution in [3.05, 3.63) is 23.8 Å². The van der Waals surface area contributed by atoms with Gasteiger partial charge in [0.15, 0.2) is 22.7 Å². The Labute approximate surface area is 263 Å². The number of allylic oxidation sites excluding steroid dienone is 1. The molecule has 0 N–H and O–H groups in total. The van der Waals surface area contributed by atoms with E-state index in [0.29, 0.717) is 25.0 Å². The van der Waals surface area contributed by atoms with Crippen LogP contribution in [-0.2, 0) is 37.4 Å². The average Bonchev–Trinajstić information content (AvgIpc) is 3.01. The molecule has 1 aliphatic heterocycles. The van der Waals surface area contributed by atoms with Crippen molar-refractivity contribution >= 4 is 34.9 Å². The Balaban J connectivity index is 3.69. The van der Waals surface area contributed by atoms with Crippen LogP contribution in [0, 0.1) is 5.41 Å². The summed E-state index contributed by atoms with van der Waals surface area (Å²) in [5.74, 6) is -0.921. The predicted octanol–water partition coefficient (Wildman–Crippen LogP) is 7.54. The van der Waals surface area contributed by atoms with Gasteiger partial charge >= 0.3 is 11.9 Å². The van der Waals surface area contributed by atoms with Crippen LogP contribution in [0.5, 0.6) is 0 Å². The Morgan fingerprint density at radius 1 is 1.00 bits per heavy atom. The maximum absolute atomic E-state index is 12.7. The molecule has 0 amide bonds. The van der Waals surface area contributed by atoms with Gasteiger partial charge in [-0.25, -0.2) is 4.79 Å². The molecule has 10 heteroatoms. The van der Waals surface area contributed by atoms with E-state index < -0.39 is 45.7 Å². The summed E-state index contributed by atoms with van der Waals surface area (Å²) in [4.78, 5) is 36.6. The van der Waals surface area contributed by atoms with Gasteiger partial charge in [0.2, 0.25) is 0 Å². The second-order valence-electron chi connectivity index (χ2n) is 12.5. The lowest BCUT2D eigenvalue weighted by atomic mass is 9.68. The normalized spacial score (nSPS) is 23.4. The van der Waals surface area contributed by atoms with Crippen LogP contribution in [0.2, 0.25) is 36.3 Å². The second-order valence-corrected chi connectivity index (χ2v) is 22.0. The van der Waals surface area contributed by atoms with Gasteiger partial charge in [0.1, 0.15) is 11.9 Å². The largest absolute Gasteiger partial charge is 0.466 e. The summed E-state index contributed by atoms with van der Waals surface area (Å²) < 4.78 is 31.8. The molecule has 1 fully saturated rings. The molecule has 1 rings (SSSR count). The van der Waals surface area contributed by atoms with Crippen LogP contribution in [-0.4, -0.2) is 72.5 Å². The zero-order valence-corrected chi connectivity index (χ0v) is 30.9. The third-order valence-electron chi connectivity index (χ3n) is 10.0. The molecule has 4 atom stereocenters. The van der Waals surface area contributed by atoms with Crippen LogP contribution in [0.4, 0.5) is 0 Å². The lowest BCUT2D eigenvalue weighted by Gasteiger charge is -2.53. The standard InChI is InChI=1S/C33H60O8Si2/c1-12-29(35)39-31-26(23-30(36)37-11)22-27(40-33(31,10)32(8,9)20-19-21-34)24-28(41-43(16-5,17-6)18-7)25-38-42(13-2,14-3)15-4/h19-21,23,27-28,31H,12-18,22,24-25H2,1-11H3/b20-19+,26-23+/t27?,28?,31-,33+/m0/s1. The number of aldehydes is 1. The maximum atomic E-state index is 12.7. The number of methoxy groups -OCH3 is 1. The van der Waals surface area contributed by atoms with E-state index >= 15 is 0 Å². The Bertz CT molecular complexity index is 938. The molecule has 0 aromatic heterocycles. The van der Waals surface area contributed by atoms with Crippen LogP contribution in [0.25, 0.3) is 0 Å². The number of carbonyl (C=O) groups is 3. The first-order valence-corrected chi connectivity index (χ1v) is 21.4. The first-order chi connectivity index (χ1) is 20.2. The van der Waals surface area contributed by atoms with Gasteiger partial charge in [0.25, 0.3) is 0 Å². The van der Waals surface area contributed by atoms with E-state index in [1.807, 2.05) is 20.8 Å². The lowest BCUT2D eigenvalue weighted by Crippen LogP contribution is -2.60. The van der Waals surface area contributed by atoms with Gasteiger partial charge in [-0.05, 0) is 61.3 Å². The Morgan fingerprint density at radius 3 is 2.02 bits per heavy atom. The monoisotopic (exact) mass is 640 g/mol. The summed E-state index contributed by atoms with van der Waals surface area (Å²) in [5, 5.41) is 0. The summed E-state index contributed by atoms with van der Waals surface area (Å²) in [6, 6.07) is 6.21. The van der Waals surface area contributed by atoms with Crippen LogP contribution in [0.3, 0.4) is 0 Å². The molecule has 43 heavy (non-hydrogen) atoms. The van der Waals surface area contributed by atoms with Crippen molar-refractivity contribution in [2.24, 2.45) is 5.41 Å². The van der Waals surface area contributed by atoms with Crippen LogP contribution in [0.1, 0.15) is 88.5 Å². The van der Waals surface area contributed by atoms with E-state index in [0.717, 1.165) is 42.6 Å². The van der Waals surface area contributed by atoms with Gasteiger partial charge in [-0.2, -0.15) is 0 Å². The van der Waals surface area contributed by atoms with Gasteiger partial charge in [-0.3, -0.25) is 9.59 Å². The zero-order valence-electron chi connectivity index (χ0n) is 28.9. The molecule has 0 saturated carbocycles. The quantitative estimate of drug-likeness (QED) is 0.0618. The summed E-state index contributed by atoms with van der Waals surface area (Å²) >= 11 is 0. The molecular formula is C33H60O8Si2. The smallest absolute Gasteiger partial charge is 0.330 e. The number of hydrogen-bond donors (Lipinski definition) is 0. The van der Waals surface area contributed by atoms with Crippen LogP contribution < -0.4 is 0 Å². The first-order valence-electron chi connectivity index (χ1n) is 16.3. The van der Waals surface area contributed by atoms with E-state index in [9.17, 15) is 14.4 Å². The van der Waals surface area contributed by atoms with Crippen molar-refractivity contribution in [1.82, 2.24) is 0 Å². The molecule has 0 bridgehead atoms. The fraction of sp³-hybridized carbons (Fsp3) is 0.788. The number of carbonyl (C=O) groups excluding carboxylic acids is 3. The zero-order chi connectivity index (χ0) is 32.9. The fourth-order valence-electron chi connectivity index (χ4n) is 6.11. The molecule has 1 saturated heterocycles. The molecule has 0 radical (unpaired) electrons. The van der Waals surface area contributed by atoms with E-state index in [-0.39, 0.29) is 18.6 Å².